The van der Waals surface area contributed by atoms with Crippen LogP contribution in [0.4, 0.5) is 9.52 Å². The van der Waals surface area contributed by atoms with Crippen molar-refractivity contribution in [1.82, 2.24) is 4.98 Å². The van der Waals surface area contributed by atoms with Crippen molar-refractivity contribution in [3.8, 4) is 11.3 Å². The van der Waals surface area contributed by atoms with Crippen LogP contribution >= 0.6 is 27.3 Å². The molecule has 1 heterocycles. The number of halogens is 2. The summed E-state index contributed by atoms with van der Waals surface area (Å²) in [5.74, 6) is -0.244. The van der Waals surface area contributed by atoms with Gasteiger partial charge in [-0.15, -0.1) is 11.3 Å². The summed E-state index contributed by atoms with van der Waals surface area (Å²) in [5, 5.41) is 7.27. The quantitative estimate of drug-likeness (QED) is 0.365. The highest BCUT2D eigenvalue weighted by molar-refractivity contribution is 9.08. The Morgan fingerprint density at radius 3 is 2.78 bits per heavy atom. The molecule has 0 saturated heterocycles. The summed E-state index contributed by atoms with van der Waals surface area (Å²) in [5.41, 5.74) is 6.16. The zero-order valence-electron chi connectivity index (χ0n) is 12.0. The molecule has 0 unspecified atom stereocenters. The average molecular weight is 390 g/mol. The van der Waals surface area contributed by atoms with Gasteiger partial charge in [0.2, 0.25) is 5.13 Å². The molecule has 3 rings (SSSR count). The highest BCUT2D eigenvalue weighted by atomic mass is 79.9. The second kappa shape index (κ2) is 7.48. The highest BCUT2D eigenvalue weighted by Crippen LogP contribution is 2.24. The van der Waals surface area contributed by atoms with E-state index in [2.05, 4.69) is 31.4 Å². The molecule has 3 nitrogen and oxygen atoms in total. The van der Waals surface area contributed by atoms with E-state index in [1.165, 1.54) is 17.4 Å². The van der Waals surface area contributed by atoms with Crippen LogP contribution in [0.5, 0.6) is 0 Å². The Morgan fingerprint density at radius 2 is 2.04 bits per heavy atom. The number of hydrazone groups is 1. The largest absolute Gasteiger partial charge is 0.253 e. The number of aromatic nitrogens is 1. The highest BCUT2D eigenvalue weighted by Gasteiger charge is 2.03. The minimum Gasteiger partial charge on any atom is -0.253 e. The lowest BCUT2D eigenvalue weighted by Crippen LogP contribution is -1.93. The molecule has 3 aromatic rings. The Balaban J connectivity index is 1.67. The number of hydrogen-bond acceptors (Lipinski definition) is 4. The van der Waals surface area contributed by atoms with E-state index < -0.39 is 0 Å². The number of hydrogen-bond donors (Lipinski definition) is 1. The predicted molar refractivity (Wildman–Crippen MR) is 97.8 cm³/mol. The number of benzene rings is 2. The molecule has 116 valence electrons. The first-order valence-corrected chi connectivity index (χ1v) is 8.91. The van der Waals surface area contributed by atoms with Crippen molar-refractivity contribution in [2.75, 3.05) is 5.43 Å². The van der Waals surface area contributed by atoms with Crippen molar-refractivity contribution in [1.29, 1.82) is 0 Å². The Labute approximate surface area is 146 Å². The molecule has 0 aliphatic heterocycles. The zero-order valence-corrected chi connectivity index (χ0v) is 14.4. The van der Waals surface area contributed by atoms with Crippen LogP contribution in [0.3, 0.4) is 0 Å². The molecule has 0 radical (unpaired) electrons. The smallest absolute Gasteiger partial charge is 0.203 e. The molecule has 0 amide bonds. The van der Waals surface area contributed by atoms with Crippen molar-refractivity contribution in [3.05, 3.63) is 70.9 Å². The summed E-state index contributed by atoms with van der Waals surface area (Å²) in [6.45, 7) is 0. The first-order chi connectivity index (χ1) is 11.3. The van der Waals surface area contributed by atoms with Gasteiger partial charge < -0.3 is 0 Å². The fraction of sp³-hybridized carbons (Fsp3) is 0.0588. The molecule has 0 fully saturated rings. The van der Waals surface area contributed by atoms with Crippen LogP contribution in [0, 0.1) is 5.82 Å². The summed E-state index contributed by atoms with van der Waals surface area (Å²) in [7, 11) is 0. The van der Waals surface area contributed by atoms with Gasteiger partial charge in [0.15, 0.2) is 0 Å². The lowest BCUT2D eigenvalue weighted by molar-refractivity contribution is 0.617. The number of anilines is 1. The molecular weight excluding hydrogens is 377 g/mol. The van der Waals surface area contributed by atoms with E-state index in [1.54, 1.807) is 12.3 Å². The third kappa shape index (κ3) is 4.03. The second-order valence-electron chi connectivity index (χ2n) is 4.76. The lowest BCUT2D eigenvalue weighted by atomic mass is 10.1. The van der Waals surface area contributed by atoms with Gasteiger partial charge in [-0.3, -0.25) is 5.43 Å². The van der Waals surface area contributed by atoms with Crippen molar-refractivity contribution in [3.63, 3.8) is 0 Å². The molecule has 0 bridgehead atoms. The third-order valence-corrected chi connectivity index (χ3v) is 4.52. The van der Waals surface area contributed by atoms with E-state index in [0.717, 1.165) is 11.3 Å². The van der Waals surface area contributed by atoms with Crippen LogP contribution in [0.25, 0.3) is 11.3 Å². The molecule has 0 saturated carbocycles. The minimum atomic E-state index is -0.244. The minimum absolute atomic E-state index is 0.244. The first-order valence-electron chi connectivity index (χ1n) is 6.90. The molecular formula is C17H13BrFN3S. The number of thiazole rings is 1. The maximum absolute atomic E-state index is 13.7. The monoisotopic (exact) mass is 389 g/mol. The standard InChI is InChI=1S/C17H13BrFN3S/c18-9-14-7-6-12(8-15(14)19)10-20-22-17-21-16(11-23-17)13-4-2-1-3-5-13/h1-8,10-11H,9H2,(H,21,22). The summed E-state index contributed by atoms with van der Waals surface area (Å²) in [4.78, 5) is 4.47. The van der Waals surface area contributed by atoms with Gasteiger partial charge in [0.25, 0.3) is 0 Å². The van der Waals surface area contributed by atoms with E-state index in [1.807, 2.05) is 41.8 Å². The van der Waals surface area contributed by atoms with Crippen LogP contribution in [-0.2, 0) is 5.33 Å². The fourth-order valence-electron chi connectivity index (χ4n) is 1.98. The molecule has 0 aliphatic rings. The van der Waals surface area contributed by atoms with Crippen molar-refractivity contribution >= 4 is 38.6 Å². The van der Waals surface area contributed by atoms with Gasteiger partial charge in [0.05, 0.1) is 11.9 Å². The van der Waals surface area contributed by atoms with Gasteiger partial charge in [-0.05, 0) is 17.2 Å². The van der Waals surface area contributed by atoms with Gasteiger partial charge in [0, 0.05) is 16.3 Å². The van der Waals surface area contributed by atoms with Gasteiger partial charge in [-0.2, -0.15) is 5.10 Å². The van der Waals surface area contributed by atoms with Crippen molar-refractivity contribution in [2.24, 2.45) is 5.10 Å². The Kier molecular flexibility index (Phi) is 5.15. The Hall–Kier alpha value is -2.05. The summed E-state index contributed by atoms with van der Waals surface area (Å²) >= 11 is 4.72. The molecule has 1 aromatic heterocycles. The SMILES string of the molecule is Fc1cc(C=NNc2nc(-c3ccccc3)cs2)ccc1CBr. The van der Waals surface area contributed by atoms with Crippen LogP contribution in [-0.4, -0.2) is 11.2 Å². The Morgan fingerprint density at radius 1 is 1.22 bits per heavy atom. The zero-order chi connectivity index (χ0) is 16.1. The molecule has 1 N–H and O–H groups in total. The van der Waals surface area contributed by atoms with E-state index in [4.69, 9.17) is 0 Å². The summed E-state index contributed by atoms with van der Waals surface area (Å²) in [6, 6.07) is 15.0. The van der Waals surface area contributed by atoms with Gasteiger partial charge in [-0.1, -0.05) is 58.4 Å². The molecule has 23 heavy (non-hydrogen) atoms. The van der Waals surface area contributed by atoms with Gasteiger partial charge in [-0.25, -0.2) is 9.37 Å². The van der Waals surface area contributed by atoms with Crippen LogP contribution in [0.1, 0.15) is 11.1 Å². The number of alkyl halides is 1. The third-order valence-electron chi connectivity index (χ3n) is 3.17. The molecule has 6 heteroatoms. The predicted octanol–water partition coefficient (Wildman–Crippen LogP) is 5.29. The van der Waals surface area contributed by atoms with Crippen LogP contribution in [0.2, 0.25) is 0 Å². The van der Waals surface area contributed by atoms with E-state index in [9.17, 15) is 4.39 Å². The number of nitrogens with zero attached hydrogens (tertiary/aromatic N) is 2. The van der Waals surface area contributed by atoms with E-state index >= 15 is 0 Å². The van der Waals surface area contributed by atoms with Gasteiger partial charge in [0.1, 0.15) is 5.82 Å². The molecule has 0 aliphatic carbocycles. The first kappa shape index (κ1) is 15.8. The number of rotatable bonds is 5. The topological polar surface area (TPSA) is 37.3 Å². The average Bonchev–Trinajstić information content (AvgIpc) is 3.05. The second-order valence-corrected chi connectivity index (χ2v) is 6.18. The van der Waals surface area contributed by atoms with Crippen molar-refractivity contribution < 1.29 is 4.39 Å². The normalized spacial score (nSPS) is 11.0. The Bertz CT molecular complexity index is 818. The fourth-order valence-corrected chi connectivity index (χ4v) is 3.10. The van der Waals surface area contributed by atoms with Crippen molar-refractivity contribution in [2.45, 2.75) is 5.33 Å². The maximum Gasteiger partial charge on any atom is 0.203 e. The van der Waals surface area contributed by atoms with E-state index in [0.29, 0.717) is 21.6 Å². The van der Waals surface area contributed by atoms with Crippen LogP contribution < -0.4 is 5.43 Å². The summed E-state index contributed by atoms with van der Waals surface area (Å²) < 4.78 is 13.7. The maximum atomic E-state index is 13.7. The molecule has 2 aromatic carbocycles. The molecule has 0 spiro atoms. The summed E-state index contributed by atoms with van der Waals surface area (Å²) in [6.07, 6.45) is 1.57. The number of nitrogens with one attached hydrogen (secondary N) is 1. The van der Waals surface area contributed by atoms with E-state index in [-0.39, 0.29) is 5.82 Å². The van der Waals surface area contributed by atoms with Crippen LogP contribution in [0.15, 0.2) is 59.0 Å². The lowest BCUT2D eigenvalue weighted by Gasteiger charge is -1.99. The molecule has 0 atom stereocenters. The van der Waals surface area contributed by atoms with Gasteiger partial charge >= 0.3 is 0 Å².